The number of Topliss-reactive ketones (excluding diaryl/α,β-unsaturated/α-hetero) is 1. The minimum Gasteiger partial charge on any atom is -0.456 e. The molecule has 1 amide bonds. The Hall–Kier alpha value is -4.83. The number of benzene rings is 2. The first kappa shape index (κ1) is 51.5. The van der Waals surface area contributed by atoms with Gasteiger partial charge in [0.15, 0.2) is 23.1 Å². The molecule has 3 aliphatic carbocycles. The Kier molecular flexibility index (Phi) is 14.7. The van der Waals surface area contributed by atoms with Crippen LogP contribution in [0.1, 0.15) is 90.2 Å². The number of carbonyl (C=O) groups is 5. The molecular weight excluding hydrogens is 818 g/mol. The fraction of sp³-hybridized carbons (Fsp3) is 0.558. The van der Waals surface area contributed by atoms with Gasteiger partial charge in [0, 0.05) is 25.2 Å². The fourth-order valence-electron chi connectivity index (χ4n) is 9.72. The van der Waals surface area contributed by atoms with Crippen molar-refractivity contribution in [2.24, 2.45) is 10.8 Å². The maximum Gasteiger partial charge on any atom is 0.408 e. The van der Waals surface area contributed by atoms with Crippen molar-refractivity contribution in [1.29, 1.82) is 0 Å². The molecule has 62 heavy (non-hydrogen) atoms. The molecule has 1 heterocycles. The summed E-state index contributed by atoms with van der Waals surface area (Å²) >= 11 is 0. The number of alkyl carbamates (subject to hydrolysis) is 1. The largest absolute Gasteiger partial charge is 0.456 e. The fourth-order valence-corrected chi connectivity index (χ4v) is 9.72. The summed E-state index contributed by atoms with van der Waals surface area (Å²) in [5.41, 5.74) is -12.7. The number of ketones is 1. The third-order valence-corrected chi connectivity index (χ3v) is 12.8. The molecule has 4 aliphatic rings. The molecule has 0 aromatic heterocycles. The standard InChI is InChI=1S/C43H53NO15.3H2O/c1-22-26(56-35(51)32(48)30(24-15-11-9-12-16-24)44-37(52)59-38(3,4)5)20-41(53)36(57-34(50)25-17-13-10-14-18-25)40(8)42(58-23(2)45)21-55-28(42)19-27(46)43(40,54)33(49)31(47)29(22)39(41,6)7;;;/h9-18,26-28,30-32,36,46-48,53-54H,19-21H2,1-8H3,(H,44,52);3*1H2/t26-,27-,28+,30?,31+,32+,36-,40+,41+,42-,43+;;;/m0.../s1. The predicted octanol–water partition coefficient (Wildman–Crippen LogP) is -0.0996. The molecule has 12 N–H and O–H groups in total. The van der Waals surface area contributed by atoms with Crippen LogP contribution in [0.3, 0.4) is 0 Å². The topological polar surface area (TPSA) is 339 Å². The number of aliphatic hydroxyl groups excluding tert-OH is 3. The van der Waals surface area contributed by atoms with Gasteiger partial charge in [-0.05, 0) is 63.5 Å². The lowest BCUT2D eigenvalue weighted by Crippen LogP contribution is -2.89. The number of fused-ring (bicyclic) bond motifs is 5. The van der Waals surface area contributed by atoms with E-state index in [1.165, 1.54) is 39.8 Å². The van der Waals surface area contributed by atoms with Gasteiger partial charge in [0.1, 0.15) is 35.6 Å². The number of nitrogens with one attached hydrogen (secondary N) is 1. The Labute approximate surface area is 357 Å². The number of esters is 3. The van der Waals surface area contributed by atoms with Gasteiger partial charge >= 0.3 is 24.0 Å². The van der Waals surface area contributed by atoms with Crippen LogP contribution in [0.25, 0.3) is 0 Å². The minimum atomic E-state index is -3.07. The highest BCUT2D eigenvalue weighted by Gasteiger charge is 2.85. The molecule has 1 unspecified atom stereocenters. The average molecular weight is 878 g/mol. The van der Waals surface area contributed by atoms with Gasteiger partial charge in [0.25, 0.3) is 0 Å². The van der Waals surface area contributed by atoms with Crippen LogP contribution in [0.15, 0.2) is 71.8 Å². The highest BCUT2D eigenvalue weighted by Crippen LogP contribution is 2.67. The van der Waals surface area contributed by atoms with Gasteiger partial charge in [-0.3, -0.25) is 9.59 Å². The monoisotopic (exact) mass is 877 g/mol. The van der Waals surface area contributed by atoms with Crippen LogP contribution >= 0.6 is 0 Å². The van der Waals surface area contributed by atoms with E-state index in [1.807, 2.05) is 0 Å². The van der Waals surface area contributed by atoms with Gasteiger partial charge in [-0.25, -0.2) is 14.4 Å². The van der Waals surface area contributed by atoms with E-state index in [-0.39, 0.29) is 33.1 Å². The van der Waals surface area contributed by atoms with Gasteiger partial charge in [-0.1, -0.05) is 62.4 Å². The van der Waals surface area contributed by atoms with Gasteiger partial charge in [0.05, 0.1) is 29.7 Å². The van der Waals surface area contributed by atoms with Crippen molar-refractivity contribution in [3.05, 3.63) is 82.9 Å². The summed E-state index contributed by atoms with van der Waals surface area (Å²) in [5, 5.41) is 64.3. The first-order chi connectivity index (χ1) is 27.4. The Bertz CT molecular complexity index is 2040. The highest BCUT2D eigenvalue weighted by molar-refractivity contribution is 5.97. The van der Waals surface area contributed by atoms with Crippen molar-refractivity contribution in [3.8, 4) is 0 Å². The van der Waals surface area contributed by atoms with Gasteiger partial charge in [0.2, 0.25) is 0 Å². The second kappa shape index (κ2) is 17.7. The average Bonchev–Trinajstić information content (AvgIpc) is 3.16. The molecule has 2 aromatic rings. The van der Waals surface area contributed by atoms with E-state index < -0.39 is 125 Å². The van der Waals surface area contributed by atoms with Crippen molar-refractivity contribution in [3.63, 3.8) is 0 Å². The van der Waals surface area contributed by atoms with Crippen LogP contribution < -0.4 is 5.32 Å². The lowest BCUT2D eigenvalue weighted by molar-refractivity contribution is -0.391. The molecule has 1 saturated heterocycles. The molecule has 344 valence electrons. The number of ether oxygens (including phenoxy) is 5. The molecule has 6 rings (SSSR count). The lowest BCUT2D eigenvalue weighted by Gasteiger charge is -2.71. The van der Waals surface area contributed by atoms with Crippen LogP contribution in [0.5, 0.6) is 0 Å². The first-order valence-corrected chi connectivity index (χ1v) is 19.4. The van der Waals surface area contributed by atoms with Crippen molar-refractivity contribution >= 4 is 29.8 Å². The lowest BCUT2D eigenvalue weighted by atomic mass is 9.41. The summed E-state index contributed by atoms with van der Waals surface area (Å²) < 4.78 is 29.3. The molecular formula is C43H59NO18. The Morgan fingerprint density at radius 1 is 0.903 bits per heavy atom. The summed E-state index contributed by atoms with van der Waals surface area (Å²) in [6, 6.07) is 14.2. The SMILES string of the molecule is CC(=O)O[C@@]12CO[C@@H]1C[C@H](O)[C@@]1(O)C(=O)[C@H](O)C3=C(C)[C@@H](OC(=O)[C@H](O)C(NC(=O)OC(C)(C)C)c4ccccc4)C[C@@](O)([C@@H](OC(=O)c4ccccc4)[C@]21C)C3(C)C.O.O.O. The summed E-state index contributed by atoms with van der Waals surface area (Å²) in [6.07, 6.45) is -13.3. The smallest absolute Gasteiger partial charge is 0.408 e. The number of rotatable bonds is 8. The summed E-state index contributed by atoms with van der Waals surface area (Å²) in [5.74, 6) is -4.59. The summed E-state index contributed by atoms with van der Waals surface area (Å²) in [6.45, 7) is 11.1. The number of hydrogen-bond donors (Lipinski definition) is 6. The molecule has 1 aliphatic heterocycles. The van der Waals surface area contributed by atoms with Crippen LogP contribution in [0, 0.1) is 10.8 Å². The van der Waals surface area contributed by atoms with Crippen LogP contribution in [-0.2, 0) is 38.1 Å². The number of hydrogen-bond acceptors (Lipinski definition) is 15. The van der Waals surface area contributed by atoms with E-state index in [4.69, 9.17) is 23.7 Å². The maximum atomic E-state index is 14.9. The molecule has 3 fully saturated rings. The molecule has 2 saturated carbocycles. The zero-order valence-electron chi connectivity index (χ0n) is 35.8. The molecule has 19 heteroatoms. The summed E-state index contributed by atoms with van der Waals surface area (Å²) in [7, 11) is 0. The third-order valence-electron chi connectivity index (χ3n) is 12.8. The predicted molar refractivity (Wildman–Crippen MR) is 216 cm³/mol. The summed E-state index contributed by atoms with van der Waals surface area (Å²) in [4.78, 5) is 69.0. The van der Waals surface area contributed by atoms with Crippen molar-refractivity contribution in [2.45, 2.75) is 133 Å². The normalized spacial score (nSPS) is 32.9. The van der Waals surface area contributed by atoms with E-state index in [2.05, 4.69) is 5.32 Å². The van der Waals surface area contributed by atoms with Crippen LogP contribution in [-0.4, -0.2) is 137 Å². The Balaban J connectivity index is 0.00000341. The van der Waals surface area contributed by atoms with Crippen molar-refractivity contribution in [1.82, 2.24) is 5.32 Å². The van der Waals surface area contributed by atoms with E-state index in [1.54, 1.807) is 69.3 Å². The van der Waals surface area contributed by atoms with Crippen molar-refractivity contribution < 1.29 is 89.6 Å². The minimum absolute atomic E-state index is 0. The molecule has 0 spiro atoms. The molecule has 11 atom stereocenters. The van der Waals surface area contributed by atoms with Gasteiger partial charge in [-0.15, -0.1) is 0 Å². The molecule has 19 nitrogen and oxygen atoms in total. The first-order valence-electron chi connectivity index (χ1n) is 19.4. The van der Waals surface area contributed by atoms with E-state index in [9.17, 15) is 49.5 Å². The van der Waals surface area contributed by atoms with Gasteiger partial charge in [-0.2, -0.15) is 0 Å². The molecule has 2 bridgehead atoms. The Morgan fingerprint density at radius 3 is 1.98 bits per heavy atom. The number of aliphatic hydroxyl groups is 5. The second-order valence-electron chi connectivity index (χ2n) is 17.7. The quantitative estimate of drug-likeness (QED) is 0.115. The van der Waals surface area contributed by atoms with Crippen molar-refractivity contribution in [2.75, 3.05) is 6.61 Å². The Morgan fingerprint density at radius 2 is 1.47 bits per heavy atom. The second-order valence-corrected chi connectivity index (χ2v) is 17.7. The number of amides is 1. The van der Waals surface area contributed by atoms with Crippen LogP contribution in [0.2, 0.25) is 0 Å². The van der Waals surface area contributed by atoms with Crippen LogP contribution in [0.4, 0.5) is 4.79 Å². The van der Waals surface area contributed by atoms with E-state index in [0.29, 0.717) is 5.56 Å². The third kappa shape index (κ3) is 7.90. The van der Waals surface area contributed by atoms with Gasteiger partial charge < -0.3 is 71.0 Å². The maximum absolute atomic E-state index is 14.9. The van der Waals surface area contributed by atoms with E-state index >= 15 is 0 Å². The highest BCUT2D eigenvalue weighted by atomic mass is 16.6. The molecule has 0 radical (unpaired) electrons. The number of carbonyl (C=O) groups excluding carboxylic acids is 5. The van der Waals surface area contributed by atoms with E-state index in [0.717, 1.165) is 6.92 Å². The molecule has 2 aromatic carbocycles. The zero-order chi connectivity index (χ0) is 43.7. The zero-order valence-corrected chi connectivity index (χ0v) is 35.8.